The van der Waals surface area contributed by atoms with Gasteiger partial charge in [-0.2, -0.15) is 0 Å². The molecule has 2 aromatic rings. The van der Waals surface area contributed by atoms with E-state index in [0.717, 1.165) is 16.8 Å². The van der Waals surface area contributed by atoms with Gasteiger partial charge in [0, 0.05) is 38.6 Å². The van der Waals surface area contributed by atoms with Crippen LogP contribution in [0.15, 0.2) is 36.5 Å². The second kappa shape index (κ2) is 7.81. The molecule has 1 N–H and O–H groups in total. The van der Waals surface area contributed by atoms with Gasteiger partial charge in [0.2, 0.25) is 5.88 Å². The number of hydrogen-bond donors (Lipinski definition) is 1. The van der Waals surface area contributed by atoms with Crippen molar-refractivity contribution in [3.8, 4) is 5.88 Å². The van der Waals surface area contributed by atoms with E-state index in [0.29, 0.717) is 18.0 Å². The molecule has 0 bridgehead atoms. The number of pyridine rings is 1. The van der Waals surface area contributed by atoms with Crippen LogP contribution in [0.3, 0.4) is 0 Å². The maximum atomic E-state index is 12.2. The van der Waals surface area contributed by atoms with E-state index >= 15 is 0 Å². The van der Waals surface area contributed by atoms with Crippen LogP contribution in [0.2, 0.25) is 0 Å². The van der Waals surface area contributed by atoms with Crippen molar-refractivity contribution in [2.24, 2.45) is 0 Å². The zero-order valence-electron chi connectivity index (χ0n) is 15.0. The number of hydrogen-bond acceptors (Lipinski definition) is 4. The number of nitrogens with zero attached hydrogens (tertiary/aromatic N) is 2. The highest BCUT2D eigenvalue weighted by molar-refractivity contribution is 5.93. The summed E-state index contributed by atoms with van der Waals surface area (Å²) in [6.07, 6.45) is 1.60. The van der Waals surface area contributed by atoms with Crippen LogP contribution in [0.4, 0.5) is 5.69 Å². The van der Waals surface area contributed by atoms with Crippen molar-refractivity contribution in [2.45, 2.75) is 33.4 Å². The lowest BCUT2D eigenvalue weighted by molar-refractivity contribution is 0.0950. The highest BCUT2D eigenvalue weighted by Gasteiger charge is 2.08. The van der Waals surface area contributed by atoms with Gasteiger partial charge in [0.15, 0.2) is 0 Å². The minimum Gasteiger partial charge on any atom is -0.475 e. The van der Waals surface area contributed by atoms with Crippen LogP contribution in [-0.4, -0.2) is 31.1 Å². The number of ether oxygens (including phenoxy) is 1. The van der Waals surface area contributed by atoms with Gasteiger partial charge in [-0.15, -0.1) is 0 Å². The number of carbonyl (C=O) groups is 1. The first kappa shape index (κ1) is 17.8. The summed E-state index contributed by atoms with van der Waals surface area (Å²) in [6, 6.07) is 9.64. The van der Waals surface area contributed by atoms with E-state index in [-0.39, 0.29) is 12.0 Å². The van der Waals surface area contributed by atoms with Crippen molar-refractivity contribution >= 4 is 11.6 Å². The molecule has 1 heterocycles. The topological polar surface area (TPSA) is 54.5 Å². The van der Waals surface area contributed by atoms with Crippen LogP contribution < -0.4 is 15.0 Å². The highest BCUT2D eigenvalue weighted by atomic mass is 16.5. The average molecular weight is 327 g/mol. The highest BCUT2D eigenvalue weighted by Crippen LogP contribution is 2.17. The fourth-order valence-corrected chi connectivity index (χ4v) is 2.26. The Morgan fingerprint density at radius 3 is 2.54 bits per heavy atom. The van der Waals surface area contributed by atoms with E-state index in [2.05, 4.69) is 21.3 Å². The van der Waals surface area contributed by atoms with Gasteiger partial charge in [-0.1, -0.05) is 6.07 Å². The van der Waals surface area contributed by atoms with Crippen molar-refractivity contribution in [1.82, 2.24) is 10.3 Å². The van der Waals surface area contributed by atoms with Crippen LogP contribution in [0, 0.1) is 6.92 Å². The van der Waals surface area contributed by atoms with E-state index in [1.54, 1.807) is 12.1 Å². The maximum Gasteiger partial charge on any atom is 0.253 e. The molecule has 0 saturated heterocycles. The minimum atomic E-state index is -0.144. The molecule has 1 aromatic carbocycles. The number of benzene rings is 1. The number of aromatic nitrogens is 1. The van der Waals surface area contributed by atoms with Gasteiger partial charge in [0.1, 0.15) is 0 Å². The summed E-state index contributed by atoms with van der Waals surface area (Å²) in [5.74, 6) is 0.381. The molecular weight excluding hydrogens is 302 g/mol. The molecule has 0 atom stereocenters. The number of carbonyl (C=O) groups excluding carboxylic acids is 1. The molecule has 0 aliphatic rings. The summed E-state index contributed by atoms with van der Waals surface area (Å²) in [6.45, 7) is 6.41. The Hall–Kier alpha value is -2.56. The van der Waals surface area contributed by atoms with E-state index < -0.39 is 0 Å². The number of nitrogens with one attached hydrogen (secondary N) is 1. The summed E-state index contributed by atoms with van der Waals surface area (Å²) in [7, 11) is 4.02. The first-order chi connectivity index (χ1) is 11.4. The normalized spacial score (nSPS) is 10.6. The SMILES string of the molecule is Cc1cc(N(C)C)ccc1CNC(=O)c1ccc(OC(C)C)nc1. The smallest absolute Gasteiger partial charge is 0.253 e. The van der Waals surface area contributed by atoms with Crippen molar-refractivity contribution in [1.29, 1.82) is 0 Å². The molecule has 24 heavy (non-hydrogen) atoms. The zero-order chi connectivity index (χ0) is 17.7. The van der Waals surface area contributed by atoms with Crippen LogP contribution >= 0.6 is 0 Å². The minimum absolute atomic E-state index is 0.0605. The van der Waals surface area contributed by atoms with Gasteiger partial charge in [-0.3, -0.25) is 4.79 Å². The molecule has 1 aromatic heterocycles. The Bertz CT molecular complexity index is 694. The monoisotopic (exact) mass is 327 g/mol. The molecule has 2 rings (SSSR count). The third-order valence-corrected chi connectivity index (χ3v) is 3.64. The second-order valence-electron chi connectivity index (χ2n) is 6.24. The molecule has 0 unspecified atom stereocenters. The van der Waals surface area contributed by atoms with Crippen LogP contribution in [0.1, 0.15) is 35.3 Å². The van der Waals surface area contributed by atoms with Crippen LogP contribution in [-0.2, 0) is 6.54 Å². The Balaban J connectivity index is 1.98. The fraction of sp³-hybridized carbons (Fsp3) is 0.368. The largest absolute Gasteiger partial charge is 0.475 e. The molecule has 0 fully saturated rings. The Kier molecular flexibility index (Phi) is 5.79. The number of rotatable bonds is 6. The van der Waals surface area contributed by atoms with E-state index in [1.165, 1.54) is 6.20 Å². The standard InChI is InChI=1S/C19H25N3O2/c1-13(2)24-18-9-7-16(12-20-18)19(23)21-11-15-6-8-17(22(4)5)10-14(15)3/h6-10,12-13H,11H2,1-5H3,(H,21,23). The average Bonchev–Trinajstić information content (AvgIpc) is 2.53. The molecule has 0 spiro atoms. The van der Waals surface area contributed by atoms with Gasteiger partial charge >= 0.3 is 0 Å². The van der Waals surface area contributed by atoms with E-state index in [4.69, 9.17) is 4.74 Å². The molecule has 0 aliphatic carbocycles. The molecule has 0 aliphatic heterocycles. The number of amides is 1. The predicted octanol–water partition coefficient (Wildman–Crippen LogP) is 3.17. The van der Waals surface area contributed by atoms with Crippen molar-refractivity contribution < 1.29 is 9.53 Å². The summed E-state index contributed by atoms with van der Waals surface area (Å²) in [4.78, 5) is 18.5. The van der Waals surface area contributed by atoms with Gasteiger partial charge in [-0.25, -0.2) is 4.98 Å². The Labute approximate surface area is 143 Å². The first-order valence-electron chi connectivity index (χ1n) is 8.04. The summed E-state index contributed by atoms with van der Waals surface area (Å²) >= 11 is 0. The van der Waals surface area contributed by atoms with Crippen LogP contribution in [0.25, 0.3) is 0 Å². The summed E-state index contributed by atoms with van der Waals surface area (Å²) in [5, 5.41) is 2.93. The van der Waals surface area contributed by atoms with Crippen molar-refractivity contribution in [2.75, 3.05) is 19.0 Å². The lowest BCUT2D eigenvalue weighted by Crippen LogP contribution is -2.23. The summed E-state index contributed by atoms with van der Waals surface area (Å²) < 4.78 is 5.48. The third kappa shape index (κ3) is 4.72. The van der Waals surface area contributed by atoms with Crippen LogP contribution in [0.5, 0.6) is 5.88 Å². The predicted molar refractivity (Wildman–Crippen MR) is 96.7 cm³/mol. The molecule has 128 valence electrons. The second-order valence-corrected chi connectivity index (χ2v) is 6.24. The molecule has 0 radical (unpaired) electrons. The molecular formula is C19H25N3O2. The third-order valence-electron chi connectivity index (χ3n) is 3.64. The van der Waals surface area contributed by atoms with E-state index in [9.17, 15) is 4.79 Å². The van der Waals surface area contributed by atoms with E-state index in [1.807, 2.05) is 47.0 Å². The van der Waals surface area contributed by atoms with Gasteiger partial charge in [-0.05, 0) is 50.1 Å². The zero-order valence-corrected chi connectivity index (χ0v) is 15.0. The van der Waals surface area contributed by atoms with Gasteiger partial charge in [0.05, 0.1) is 11.7 Å². The van der Waals surface area contributed by atoms with Crippen molar-refractivity contribution in [3.05, 3.63) is 53.2 Å². The molecule has 5 nitrogen and oxygen atoms in total. The molecule has 0 saturated carbocycles. The molecule has 1 amide bonds. The lowest BCUT2D eigenvalue weighted by atomic mass is 10.1. The Morgan fingerprint density at radius 2 is 2.00 bits per heavy atom. The van der Waals surface area contributed by atoms with Crippen molar-refractivity contribution in [3.63, 3.8) is 0 Å². The summed E-state index contributed by atoms with van der Waals surface area (Å²) in [5.41, 5.74) is 3.92. The fourth-order valence-electron chi connectivity index (χ4n) is 2.26. The quantitative estimate of drug-likeness (QED) is 0.885. The number of anilines is 1. The van der Waals surface area contributed by atoms with Gasteiger partial charge < -0.3 is 15.0 Å². The lowest BCUT2D eigenvalue weighted by Gasteiger charge is -2.15. The van der Waals surface area contributed by atoms with Gasteiger partial charge in [0.25, 0.3) is 5.91 Å². The Morgan fingerprint density at radius 1 is 1.25 bits per heavy atom. The first-order valence-corrected chi connectivity index (χ1v) is 8.04. The number of aryl methyl sites for hydroxylation is 1. The maximum absolute atomic E-state index is 12.2. The molecule has 5 heteroatoms.